The monoisotopic (exact) mass is 293 g/mol. The summed E-state index contributed by atoms with van der Waals surface area (Å²) < 4.78 is 5.85. The summed E-state index contributed by atoms with van der Waals surface area (Å²) in [6, 6.07) is 4.18. The van der Waals surface area contributed by atoms with Crippen molar-refractivity contribution in [1.82, 2.24) is 5.32 Å². The smallest absolute Gasteiger partial charge is 0.125 e. The van der Waals surface area contributed by atoms with Crippen molar-refractivity contribution in [2.24, 2.45) is 11.8 Å². The lowest BCUT2D eigenvalue weighted by atomic mass is 9.85. The number of rotatable bonds is 5. The van der Waals surface area contributed by atoms with E-state index in [9.17, 15) is 0 Å². The fourth-order valence-corrected chi connectivity index (χ4v) is 4.14. The van der Waals surface area contributed by atoms with E-state index in [4.69, 9.17) is 16.3 Å². The van der Waals surface area contributed by atoms with Crippen molar-refractivity contribution in [1.29, 1.82) is 0 Å². The van der Waals surface area contributed by atoms with E-state index in [0.717, 1.165) is 42.7 Å². The predicted octanol–water partition coefficient (Wildman–Crippen LogP) is 3.84. The fraction of sp³-hybridized carbons (Fsp3) is 0.647. The van der Waals surface area contributed by atoms with E-state index < -0.39 is 0 Å². The van der Waals surface area contributed by atoms with E-state index in [-0.39, 0.29) is 0 Å². The summed E-state index contributed by atoms with van der Waals surface area (Å²) in [5.74, 6) is 2.68. The molecule has 0 bridgehead atoms. The van der Waals surface area contributed by atoms with Crippen LogP contribution in [0.15, 0.2) is 12.1 Å². The molecule has 0 radical (unpaired) electrons. The molecular formula is C17H24ClNO. The summed E-state index contributed by atoms with van der Waals surface area (Å²) in [5, 5.41) is 4.23. The number of hydrogen-bond donors (Lipinski definition) is 1. The second-order valence-electron chi connectivity index (χ2n) is 6.22. The Hall–Kier alpha value is -0.730. The van der Waals surface area contributed by atoms with Gasteiger partial charge in [-0.15, -0.1) is 0 Å². The molecule has 2 nitrogen and oxygen atoms in total. The molecule has 110 valence electrons. The van der Waals surface area contributed by atoms with Gasteiger partial charge in [0.25, 0.3) is 0 Å². The summed E-state index contributed by atoms with van der Waals surface area (Å²) in [5.41, 5.74) is 2.61. The average molecular weight is 294 g/mol. The maximum absolute atomic E-state index is 6.28. The Labute approximate surface area is 126 Å². The first kappa shape index (κ1) is 14.2. The minimum absolute atomic E-state index is 0.703. The SMILES string of the molecule is CNCC(Cc1cc(Cl)cc2c1OCC2)C1CCCC1. The van der Waals surface area contributed by atoms with Gasteiger partial charge in [0.2, 0.25) is 0 Å². The summed E-state index contributed by atoms with van der Waals surface area (Å²) in [6.07, 6.45) is 7.66. The largest absolute Gasteiger partial charge is 0.493 e. The van der Waals surface area contributed by atoms with Crippen LogP contribution in [0.4, 0.5) is 0 Å². The van der Waals surface area contributed by atoms with Crippen LogP contribution in [0.3, 0.4) is 0 Å². The lowest BCUT2D eigenvalue weighted by molar-refractivity contribution is 0.317. The summed E-state index contributed by atoms with van der Waals surface area (Å²) >= 11 is 6.28. The lowest BCUT2D eigenvalue weighted by Crippen LogP contribution is -2.26. The van der Waals surface area contributed by atoms with E-state index in [1.807, 2.05) is 0 Å². The van der Waals surface area contributed by atoms with Crippen LogP contribution in [-0.4, -0.2) is 20.2 Å². The molecule has 1 aliphatic carbocycles. The third kappa shape index (κ3) is 2.96. The number of benzene rings is 1. The molecule has 1 N–H and O–H groups in total. The highest BCUT2D eigenvalue weighted by Gasteiger charge is 2.27. The number of fused-ring (bicyclic) bond motifs is 1. The van der Waals surface area contributed by atoms with Gasteiger partial charge in [0.15, 0.2) is 0 Å². The van der Waals surface area contributed by atoms with E-state index in [1.165, 1.54) is 36.8 Å². The zero-order valence-corrected chi connectivity index (χ0v) is 13.0. The van der Waals surface area contributed by atoms with Gasteiger partial charge in [-0.1, -0.05) is 37.3 Å². The lowest BCUT2D eigenvalue weighted by Gasteiger charge is -2.24. The van der Waals surface area contributed by atoms with Gasteiger partial charge in [-0.3, -0.25) is 0 Å². The number of hydrogen-bond acceptors (Lipinski definition) is 2. The molecule has 1 aromatic carbocycles. The zero-order valence-electron chi connectivity index (χ0n) is 12.3. The highest BCUT2D eigenvalue weighted by molar-refractivity contribution is 6.30. The molecule has 20 heavy (non-hydrogen) atoms. The van der Waals surface area contributed by atoms with Crippen LogP contribution in [-0.2, 0) is 12.8 Å². The van der Waals surface area contributed by atoms with E-state index in [2.05, 4.69) is 24.5 Å². The zero-order chi connectivity index (χ0) is 13.9. The van der Waals surface area contributed by atoms with Crippen molar-refractivity contribution >= 4 is 11.6 Å². The maximum atomic E-state index is 6.28. The van der Waals surface area contributed by atoms with Gasteiger partial charge in [-0.05, 0) is 55.1 Å². The Bertz CT molecular complexity index is 468. The van der Waals surface area contributed by atoms with Crippen LogP contribution in [0.25, 0.3) is 0 Å². The van der Waals surface area contributed by atoms with E-state index in [0.29, 0.717) is 5.92 Å². The predicted molar refractivity (Wildman–Crippen MR) is 83.7 cm³/mol. The molecule has 1 saturated carbocycles. The van der Waals surface area contributed by atoms with E-state index in [1.54, 1.807) is 0 Å². The molecule has 3 heteroatoms. The van der Waals surface area contributed by atoms with Crippen molar-refractivity contribution < 1.29 is 4.74 Å². The van der Waals surface area contributed by atoms with Gasteiger partial charge in [-0.25, -0.2) is 0 Å². The van der Waals surface area contributed by atoms with Gasteiger partial charge in [0.05, 0.1) is 6.61 Å². The number of halogens is 1. The molecule has 1 aromatic rings. The van der Waals surface area contributed by atoms with Gasteiger partial charge < -0.3 is 10.1 Å². The first-order chi connectivity index (χ1) is 9.78. The van der Waals surface area contributed by atoms with Gasteiger partial charge in [0.1, 0.15) is 5.75 Å². The van der Waals surface area contributed by atoms with Crippen LogP contribution >= 0.6 is 11.6 Å². The molecule has 0 aromatic heterocycles. The van der Waals surface area contributed by atoms with Crippen LogP contribution in [0.5, 0.6) is 5.75 Å². The van der Waals surface area contributed by atoms with Crippen molar-refractivity contribution in [2.45, 2.75) is 38.5 Å². The van der Waals surface area contributed by atoms with Crippen LogP contribution < -0.4 is 10.1 Å². The van der Waals surface area contributed by atoms with Gasteiger partial charge in [0, 0.05) is 11.4 Å². The van der Waals surface area contributed by atoms with Crippen molar-refractivity contribution in [3.8, 4) is 5.75 Å². The summed E-state index contributed by atoms with van der Waals surface area (Å²) in [4.78, 5) is 0. The maximum Gasteiger partial charge on any atom is 0.125 e. The fourth-order valence-electron chi connectivity index (χ4n) is 3.88. The molecule has 2 aliphatic rings. The molecule has 1 heterocycles. The van der Waals surface area contributed by atoms with Crippen molar-refractivity contribution in [2.75, 3.05) is 20.2 Å². The molecule has 1 fully saturated rings. The Kier molecular flexibility index (Phi) is 4.52. The summed E-state index contributed by atoms with van der Waals surface area (Å²) in [7, 11) is 2.06. The Morgan fingerprint density at radius 3 is 2.90 bits per heavy atom. The summed E-state index contributed by atoms with van der Waals surface area (Å²) in [6.45, 7) is 1.90. The molecule has 0 amide bonds. The molecular weight excluding hydrogens is 270 g/mol. The topological polar surface area (TPSA) is 21.3 Å². The minimum Gasteiger partial charge on any atom is -0.493 e. The van der Waals surface area contributed by atoms with Crippen molar-refractivity contribution in [3.63, 3.8) is 0 Å². The highest BCUT2D eigenvalue weighted by Crippen LogP contribution is 2.38. The average Bonchev–Trinajstić information content (AvgIpc) is 3.08. The number of ether oxygens (including phenoxy) is 1. The second-order valence-corrected chi connectivity index (χ2v) is 6.65. The molecule has 1 aliphatic heterocycles. The molecule has 1 unspecified atom stereocenters. The highest BCUT2D eigenvalue weighted by atomic mass is 35.5. The number of nitrogens with one attached hydrogen (secondary N) is 1. The third-order valence-corrected chi connectivity index (χ3v) is 5.06. The quantitative estimate of drug-likeness (QED) is 0.890. The standard InChI is InChI=1S/C17H24ClNO/c1-19-11-15(12-4-2-3-5-12)8-14-10-16(18)9-13-6-7-20-17(13)14/h9-10,12,15,19H,2-8,11H2,1H3. The first-order valence-electron chi connectivity index (χ1n) is 7.86. The van der Waals surface area contributed by atoms with Gasteiger partial charge >= 0.3 is 0 Å². The first-order valence-corrected chi connectivity index (χ1v) is 8.24. The van der Waals surface area contributed by atoms with Crippen LogP contribution in [0.1, 0.15) is 36.8 Å². The minimum atomic E-state index is 0.703. The Morgan fingerprint density at radius 1 is 1.35 bits per heavy atom. The van der Waals surface area contributed by atoms with E-state index >= 15 is 0 Å². The molecule has 0 spiro atoms. The molecule has 1 atom stereocenters. The van der Waals surface area contributed by atoms with Crippen molar-refractivity contribution in [3.05, 3.63) is 28.3 Å². The molecule has 3 rings (SSSR count). The normalized spacial score (nSPS) is 19.9. The second kappa shape index (κ2) is 6.36. The molecule has 0 saturated heterocycles. The van der Waals surface area contributed by atoms with Crippen LogP contribution in [0, 0.1) is 11.8 Å². The van der Waals surface area contributed by atoms with Crippen LogP contribution in [0.2, 0.25) is 5.02 Å². The Balaban J connectivity index is 1.81. The van der Waals surface area contributed by atoms with Gasteiger partial charge in [-0.2, -0.15) is 0 Å². The Morgan fingerprint density at radius 2 is 2.15 bits per heavy atom. The third-order valence-electron chi connectivity index (χ3n) is 4.84.